The van der Waals surface area contributed by atoms with Crippen molar-refractivity contribution < 1.29 is 9.53 Å². The largest absolute Gasteiger partial charge is 0.494 e. The molecule has 4 heteroatoms. The van der Waals surface area contributed by atoms with Gasteiger partial charge in [0.05, 0.1) is 6.61 Å². The molecule has 0 radical (unpaired) electrons. The quantitative estimate of drug-likeness (QED) is 0.718. The van der Waals surface area contributed by atoms with Gasteiger partial charge in [0, 0.05) is 18.2 Å². The minimum atomic E-state index is 0.0582. The third kappa shape index (κ3) is 6.06. The molecule has 1 aromatic carbocycles. The predicted octanol–water partition coefficient (Wildman–Crippen LogP) is 3.11. The van der Waals surface area contributed by atoms with Gasteiger partial charge in [-0.05, 0) is 50.6 Å². The number of aryl methyl sites for hydroxylation is 1. The van der Waals surface area contributed by atoms with E-state index in [4.69, 9.17) is 4.74 Å². The van der Waals surface area contributed by atoms with Gasteiger partial charge in [0.1, 0.15) is 5.75 Å². The lowest BCUT2D eigenvalue weighted by molar-refractivity contribution is -0.116. The zero-order valence-corrected chi connectivity index (χ0v) is 13.0. The zero-order valence-electron chi connectivity index (χ0n) is 13.0. The monoisotopic (exact) mass is 278 g/mol. The van der Waals surface area contributed by atoms with E-state index in [1.165, 1.54) is 0 Å². The van der Waals surface area contributed by atoms with E-state index in [1.54, 1.807) is 0 Å². The minimum absolute atomic E-state index is 0.0582. The van der Waals surface area contributed by atoms with Crippen LogP contribution < -0.4 is 15.4 Å². The lowest BCUT2D eigenvalue weighted by Gasteiger charge is -2.11. The second-order valence-electron chi connectivity index (χ2n) is 5.17. The molecular weight excluding hydrogens is 252 g/mol. The second kappa shape index (κ2) is 8.59. The normalized spacial score (nSPS) is 10.7. The van der Waals surface area contributed by atoms with Crippen molar-refractivity contribution in [3.63, 3.8) is 0 Å². The molecule has 4 nitrogen and oxygen atoms in total. The van der Waals surface area contributed by atoms with E-state index < -0.39 is 0 Å². The maximum atomic E-state index is 11.8. The molecule has 0 unspecified atom stereocenters. The summed E-state index contributed by atoms with van der Waals surface area (Å²) in [4.78, 5) is 11.8. The number of nitrogens with one attached hydrogen (secondary N) is 2. The summed E-state index contributed by atoms with van der Waals surface area (Å²) in [6.45, 7) is 9.64. The Labute approximate surface area is 121 Å². The summed E-state index contributed by atoms with van der Waals surface area (Å²) in [5, 5.41) is 6.25. The third-order valence-corrected chi connectivity index (χ3v) is 2.92. The molecule has 0 atom stereocenters. The summed E-state index contributed by atoms with van der Waals surface area (Å²) < 4.78 is 5.43. The van der Waals surface area contributed by atoms with Gasteiger partial charge in [0.2, 0.25) is 5.91 Å². The fraction of sp³-hybridized carbons (Fsp3) is 0.562. The smallest absolute Gasteiger partial charge is 0.224 e. The predicted molar refractivity (Wildman–Crippen MR) is 83.4 cm³/mol. The van der Waals surface area contributed by atoms with Crippen LogP contribution >= 0.6 is 0 Å². The molecule has 2 N–H and O–H groups in total. The van der Waals surface area contributed by atoms with Gasteiger partial charge >= 0.3 is 0 Å². The van der Waals surface area contributed by atoms with Crippen LogP contribution in [0.3, 0.4) is 0 Å². The van der Waals surface area contributed by atoms with E-state index in [2.05, 4.69) is 24.5 Å². The highest BCUT2D eigenvalue weighted by molar-refractivity contribution is 5.91. The Bertz CT molecular complexity index is 430. The van der Waals surface area contributed by atoms with Crippen molar-refractivity contribution in [2.45, 2.75) is 46.6 Å². The molecule has 1 rings (SSSR count). The van der Waals surface area contributed by atoms with Crippen molar-refractivity contribution >= 4 is 11.6 Å². The van der Waals surface area contributed by atoms with Crippen LogP contribution in [0.4, 0.5) is 5.69 Å². The second-order valence-corrected chi connectivity index (χ2v) is 5.17. The molecule has 0 spiro atoms. The number of amides is 1. The SMILES string of the molecule is CCOc1ccc(NC(=O)CCCNC(C)C)c(C)c1. The number of ether oxygens (including phenoxy) is 1. The van der Waals surface area contributed by atoms with Gasteiger partial charge in [-0.2, -0.15) is 0 Å². The van der Waals surface area contributed by atoms with Crippen LogP contribution in [-0.2, 0) is 4.79 Å². The molecule has 0 aromatic heterocycles. The molecule has 0 aliphatic carbocycles. The van der Waals surface area contributed by atoms with Crippen molar-refractivity contribution in [1.82, 2.24) is 5.32 Å². The molecule has 0 saturated heterocycles. The molecule has 112 valence electrons. The maximum Gasteiger partial charge on any atom is 0.224 e. The maximum absolute atomic E-state index is 11.8. The summed E-state index contributed by atoms with van der Waals surface area (Å²) in [5.41, 5.74) is 1.87. The summed E-state index contributed by atoms with van der Waals surface area (Å²) in [5.74, 6) is 0.895. The van der Waals surface area contributed by atoms with E-state index >= 15 is 0 Å². The zero-order chi connectivity index (χ0) is 15.0. The molecule has 0 aliphatic rings. The number of benzene rings is 1. The van der Waals surface area contributed by atoms with Crippen molar-refractivity contribution in [2.24, 2.45) is 0 Å². The lowest BCUT2D eigenvalue weighted by Crippen LogP contribution is -2.24. The van der Waals surface area contributed by atoms with Crippen LogP contribution in [0.5, 0.6) is 5.75 Å². The molecule has 0 fully saturated rings. The van der Waals surface area contributed by atoms with E-state index in [9.17, 15) is 4.79 Å². The van der Waals surface area contributed by atoms with Crippen LogP contribution in [0.1, 0.15) is 39.2 Å². The molecule has 0 saturated carbocycles. The van der Waals surface area contributed by atoms with Gasteiger partial charge < -0.3 is 15.4 Å². The van der Waals surface area contributed by atoms with E-state index in [0.717, 1.165) is 30.0 Å². The molecule has 0 heterocycles. The van der Waals surface area contributed by atoms with Gasteiger partial charge in [-0.3, -0.25) is 4.79 Å². The number of carbonyl (C=O) groups is 1. The van der Waals surface area contributed by atoms with Crippen molar-refractivity contribution in [3.05, 3.63) is 23.8 Å². The highest BCUT2D eigenvalue weighted by Gasteiger charge is 2.06. The van der Waals surface area contributed by atoms with E-state index in [0.29, 0.717) is 19.1 Å². The standard InChI is InChI=1S/C16H26N2O2/c1-5-20-14-8-9-15(13(4)11-14)18-16(19)7-6-10-17-12(2)3/h8-9,11-12,17H,5-7,10H2,1-4H3,(H,18,19). The highest BCUT2D eigenvalue weighted by Crippen LogP contribution is 2.21. The number of rotatable bonds is 8. The first-order chi connectivity index (χ1) is 9.52. The van der Waals surface area contributed by atoms with E-state index in [-0.39, 0.29) is 5.91 Å². The van der Waals surface area contributed by atoms with Gasteiger partial charge in [-0.25, -0.2) is 0 Å². The van der Waals surface area contributed by atoms with Crippen LogP contribution in [0.25, 0.3) is 0 Å². The number of carbonyl (C=O) groups excluding carboxylic acids is 1. The molecule has 1 amide bonds. The lowest BCUT2D eigenvalue weighted by atomic mass is 10.2. The van der Waals surface area contributed by atoms with Gasteiger partial charge in [-0.1, -0.05) is 13.8 Å². The summed E-state index contributed by atoms with van der Waals surface area (Å²) in [6.07, 6.45) is 1.38. The summed E-state index contributed by atoms with van der Waals surface area (Å²) in [6, 6.07) is 6.18. The average Bonchev–Trinajstić information content (AvgIpc) is 2.38. The highest BCUT2D eigenvalue weighted by atomic mass is 16.5. The fourth-order valence-corrected chi connectivity index (χ4v) is 1.89. The number of hydrogen-bond acceptors (Lipinski definition) is 3. The Morgan fingerprint density at radius 3 is 2.70 bits per heavy atom. The Balaban J connectivity index is 2.41. The van der Waals surface area contributed by atoms with Crippen LogP contribution in [0, 0.1) is 6.92 Å². The molecule has 20 heavy (non-hydrogen) atoms. The van der Waals surface area contributed by atoms with Crippen molar-refractivity contribution in [3.8, 4) is 5.75 Å². The fourth-order valence-electron chi connectivity index (χ4n) is 1.89. The molecular formula is C16H26N2O2. The summed E-state index contributed by atoms with van der Waals surface area (Å²) in [7, 11) is 0. The van der Waals surface area contributed by atoms with Gasteiger partial charge in [0.25, 0.3) is 0 Å². The molecule has 0 bridgehead atoms. The van der Waals surface area contributed by atoms with Gasteiger partial charge in [-0.15, -0.1) is 0 Å². The third-order valence-electron chi connectivity index (χ3n) is 2.92. The average molecular weight is 278 g/mol. The van der Waals surface area contributed by atoms with Gasteiger partial charge in [0.15, 0.2) is 0 Å². The summed E-state index contributed by atoms with van der Waals surface area (Å²) >= 11 is 0. The Kier molecular flexibility index (Phi) is 7.09. The Morgan fingerprint density at radius 2 is 2.10 bits per heavy atom. The van der Waals surface area contributed by atoms with Crippen molar-refractivity contribution in [1.29, 1.82) is 0 Å². The van der Waals surface area contributed by atoms with Crippen molar-refractivity contribution in [2.75, 3.05) is 18.5 Å². The van der Waals surface area contributed by atoms with Crippen LogP contribution in [-0.4, -0.2) is 25.1 Å². The molecule has 0 aliphatic heterocycles. The molecule has 1 aromatic rings. The Hall–Kier alpha value is -1.55. The van der Waals surface area contributed by atoms with E-state index in [1.807, 2.05) is 32.0 Å². The van der Waals surface area contributed by atoms with Crippen LogP contribution in [0.2, 0.25) is 0 Å². The topological polar surface area (TPSA) is 50.4 Å². The number of anilines is 1. The van der Waals surface area contributed by atoms with Crippen LogP contribution in [0.15, 0.2) is 18.2 Å². The first-order valence-electron chi connectivity index (χ1n) is 7.29. The number of hydrogen-bond donors (Lipinski definition) is 2. The first-order valence-corrected chi connectivity index (χ1v) is 7.29. The Morgan fingerprint density at radius 1 is 1.35 bits per heavy atom. The minimum Gasteiger partial charge on any atom is -0.494 e. The first kappa shape index (κ1) is 16.5.